The number of ether oxygens (including phenoxy) is 1. The number of fused-ring (bicyclic) bond motifs is 1. The lowest BCUT2D eigenvalue weighted by Gasteiger charge is -2.13. The Morgan fingerprint density at radius 3 is 2.36 bits per heavy atom. The van der Waals surface area contributed by atoms with Crippen LogP contribution in [0.3, 0.4) is 0 Å². The maximum Gasteiger partial charge on any atom is 0.248 e. The Morgan fingerprint density at radius 2 is 1.57 bits per heavy atom. The number of hydrogen-bond donors (Lipinski definition) is 2. The zero-order valence-corrected chi connectivity index (χ0v) is 15.5. The average Bonchev–Trinajstić information content (AvgIpc) is 2.74. The fourth-order valence-electron chi connectivity index (χ4n) is 3.26. The number of H-pyrrole nitrogens is 1. The van der Waals surface area contributed by atoms with Gasteiger partial charge < -0.3 is 15.0 Å². The highest BCUT2D eigenvalue weighted by Crippen LogP contribution is 2.27. The molecule has 4 rings (SSSR count). The summed E-state index contributed by atoms with van der Waals surface area (Å²) in [6, 6.07) is 27.6. The van der Waals surface area contributed by atoms with Crippen molar-refractivity contribution in [2.24, 2.45) is 0 Å². The van der Waals surface area contributed by atoms with Gasteiger partial charge in [-0.25, -0.2) is 0 Å². The zero-order chi connectivity index (χ0) is 19.2. The molecule has 4 aromatic rings. The van der Waals surface area contributed by atoms with Gasteiger partial charge in [-0.2, -0.15) is 0 Å². The van der Waals surface area contributed by atoms with Crippen LogP contribution in [0.5, 0.6) is 5.75 Å². The molecule has 0 aliphatic heterocycles. The Balaban J connectivity index is 1.54. The Hall–Kier alpha value is -3.53. The van der Waals surface area contributed by atoms with Crippen LogP contribution in [0.25, 0.3) is 10.9 Å². The van der Waals surface area contributed by atoms with Crippen LogP contribution in [0, 0.1) is 0 Å². The summed E-state index contributed by atoms with van der Waals surface area (Å²) < 4.78 is 6.00. The van der Waals surface area contributed by atoms with Crippen LogP contribution < -0.4 is 15.6 Å². The Kier molecular flexibility index (Phi) is 5.38. The highest BCUT2D eigenvalue weighted by Gasteiger charge is 2.09. The highest BCUT2D eigenvalue weighted by molar-refractivity contribution is 5.87. The summed E-state index contributed by atoms with van der Waals surface area (Å²) in [5.74, 6) is 0.691. The lowest BCUT2D eigenvalue weighted by molar-refractivity contribution is 0.309. The number of aromatic amines is 1. The molecule has 0 bridgehead atoms. The van der Waals surface area contributed by atoms with E-state index in [-0.39, 0.29) is 5.56 Å². The largest absolute Gasteiger partial charge is 0.487 e. The first-order valence-corrected chi connectivity index (χ1v) is 9.40. The molecular formula is C24H22N2O2. The number of aromatic nitrogens is 1. The summed E-state index contributed by atoms with van der Waals surface area (Å²) in [7, 11) is 0. The van der Waals surface area contributed by atoms with Crippen LogP contribution in [0.1, 0.15) is 11.1 Å². The highest BCUT2D eigenvalue weighted by atomic mass is 16.5. The lowest BCUT2D eigenvalue weighted by Crippen LogP contribution is -2.08. The standard InChI is InChI=1S/C24H22N2O2/c27-23-14-12-21-19(15-16-25-20-9-5-2-6-10-20)11-13-22(24(21)26-23)28-17-18-7-3-1-4-8-18/h1-14,25H,15-17H2,(H,26,27). The van der Waals surface area contributed by atoms with Crippen molar-refractivity contribution >= 4 is 16.6 Å². The van der Waals surface area contributed by atoms with E-state index in [9.17, 15) is 4.79 Å². The number of hydrogen-bond acceptors (Lipinski definition) is 3. The summed E-state index contributed by atoms with van der Waals surface area (Å²) in [5.41, 5.74) is 3.98. The number of para-hydroxylation sites is 1. The number of nitrogens with one attached hydrogen (secondary N) is 2. The predicted molar refractivity (Wildman–Crippen MR) is 114 cm³/mol. The normalized spacial score (nSPS) is 10.7. The monoisotopic (exact) mass is 370 g/mol. The van der Waals surface area contributed by atoms with Gasteiger partial charge in [-0.1, -0.05) is 54.6 Å². The van der Waals surface area contributed by atoms with E-state index < -0.39 is 0 Å². The van der Waals surface area contributed by atoms with Gasteiger partial charge in [0.05, 0.1) is 5.52 Å². The van der Waals surface area contributed by atoms with Crippen molar-refractivity contribution in [3.8, 4) is 5.75 Å². The van der Waals surface area contributed by atoms with Gasteiger partial charge in [0.15, 0.2) is 0 Å². The zero-order valence-electron chi connectivity index (χ0n) is 15.5. The first-order valence-electron chi connectivity index (χ1n) is 9.40. The molecule has 0 unspecified atom stereocenters. The van der Waals surface area contributed by atoms with Crippen molar-refractivity contribution in [1.29, 1.82) is 0 Å². The minimum absolute atomic E-state index is 0.128. The van der Waals surface area contributed by atoms with Gasteiger partial charge in [-0.15, -0.1) is 0 Å². The smallest absolute Gasteiger partial charge is 0.248 e. The Labute approximate surface area is 163 Å². The van der Waals surface area contributed by atoms with Gasteiger partial charge in [-0.3, -0.25) is 4.79 Å². The average molecular weight is 370 g/mol. The number of benzene rings is 3. The summed E-state index contributed by atoms with van der Waals surface area (Å²) in [6.45, 7) is 1.27. The molecule has 0 atom stereocenters. The topological polar surface area (TPSA) is 54.1 Å². The third-order valence-electron chi connectivity index (χ3n) is 4.68. The Bertz CT molecular complexity index is 1110. The fourth-order valence-corrected chi connectivity index (χ4v) is 3.26. The molecule has 2 N–H and O–H groups in total. The van der Waals surface area contributed by atoms with Crippen molar-refractivity contribution in [1.82, 2.24) is 4.98 Å². The van der Waals surface area contributed by atoms with Crippen LogP contribution in [-0.2, 0) is 13.0 Å². The third-order valence-corrected chi connectivity index (χ3v) is 4.68. The lowest BCUT2D eigenvalue weighted by atomic mass is 10.0. The summed E-state index contributed by atoms with van der Waals surface area (Å²) >= 11 is 0. The van der Waals surface area contributed by atoms with E-state index in [0.29, 0.717) is 12.4 Å². The van der Waals surface area contributed by atoms with Crippen LogP contribution >= 0.6 is 0 Å². The first kappa shape index (κ1) is 17.9. The van der Waals surface area contributed by atoms with E-state index in [4.69, 9.17) is 4.74 Å². The van der Waals surface area contributed by atoms with Gasteiger partial charge in [0.25, 0.3) is 0 Å². The van der Waals surface area contributed by atoms with Crippen LogP contribution in [0.4, 0.5) is 5.69 Å². The molecule has 4 nitrogen and oxygen atoms in total. The van der Waals surface area contributed by atoms with Crippen molar-refractivity contribution in [2.75, 3.05) is 11.9 Å². The van der Waals surface area contributed by atoms with Crippen LogP contribution in [0.15, 0.2) is 89.7 Å². The molecule has 0 saturated heterocycles. The minimum atomic E-state index is -0.128. The summed E-state index contributed by atoms with van der Waals surface area (Å²) in [5, 5.41) is 4.44. The molecule has 28 heavy (non-hydrogen) atoms. The second-order valence-corrected chi connectivity index (χ2v) is 6.65. The van der Waals surface area contributed by atoms with Gasteiger partial charge in [0.2, 0.25) is 5.56 Å². The molecular weight excluding hydrogens is 348 g/mol. The quantitative estimate of drug-likeness (QED) is 0.493. The van der Waals surface area contributed by atoms with E-state index in [2.05, 4.69) is 28.5 Å². The van der Waals surface area contributed by atoms with Gasteiger partial charge in [0.1, 0.15) is 12.4 Å². The molecule has 0 aliphatic carbocycles. The molecule has 0 amide bonds. The van der Waals surface area contributed by atoms with E-state index in [1.807, 2.05) is 60.7 Å². The molecule has 0 saturated carbocycles. The van der Waals surface area contributed by atoms with Crippen molar-refractivity contribution in [3.63, 3.8) is 0 Å². The number of pyridine rings is 1. The molecule has 1 heterocycles. The summed E-state index contributed by atoms with van der Waals surface area (Å²) in [6.07, 6.45) is 0.844. The molecule has 1 aromatic heterocycles. The third kappa shape index (κ3) is 4.23. The molecule has 0 spiro atoms. The Morgan fingerprint density at radius 1 is 0.821 bits per heavy atom. The molecule has 3 aromatic carbocycles. The van der Waals surface area contributed by atoms with Gasteiger partial charge >= 0.3 is 0 Å². The first-order chi connectivity index (χ1) is 13.8. The van der Waals surface area contributed by atoms with Crippen molar-refractivity contribution < 1.29 is 4.74 Å². The predicted octanol–water partition coefficient (Wildman–Crippen LogP) is 4.76. The van der Waals surface area contributed by atoms with E-state index in [1.54, 1.807) is 6.07 Å². The molecule has 4 heteroatoms. The fraction of sp³-hybridized carbons (Fsp3) is 0.125. The van der Waals surface area contributed by atoms with E-state index >= 15 is 0 Å². The van der Waals surface area contributed by atoms with Crippen molar-refractivity contribution in [3.05, 3.63) is 106 Å². The van der Waals surface area contributed by atoms with Crippen molar-refractivity contribution in [2.45, 2.75) is 13.0 Å². The minimum Gasteiger partial charge on any atom is -0.487 e. The number of rotatable bonds is 7. The second-order valence-electron chi connectivity index (χ2n) is 6.65. The maximum absolute atomic E-state index is 11.9. The van der Waals surface area contributed by atoms with E-state index in [0.717, 1.165) is 35.1 Å². The SMILES string of the molecule is O=c1ccc2c(CCNc3ccccc3)ccc(OCc3ccccc3)c2[nH]1. The van der Waals surface area contributed by atoms with Crippen LogP contribution in [0.2, 0.25) is 0 Å². The van der Waals surface area contributed by atoms with Gasteiger partial charge in [-0.05, 0) is 41.8 Å². The van der Waals surface area contributed by atoms with Crippen LogP contribution in [-0.4, -0.2) is 11.5 Å². The molecule has 0 aliphatic rings. The maximum atomic E-state index is 11.9. The van der Waals surface area contributed by atoms with E-state index in [1.165, 1.54) is 5.56 Å². The molecule has 0 fully saturated rings. The second kappa shape index (κ2) is 8.44. The molecule has 0 radical (unpaired) electrons. The van der Waals surface area contributed by atoms with Gasteiger partial charge in [0, 0.05) is 23.7 Å². The number of anilines is 1. The molecule has 140 valence electrons. The summed E-state index contributed by atoms with van der Waals surface area (Å²) in [4.78, 5) is 14.8.